The zero-order valence-electron chi connectivity index (χ0n) is 20.0. The van der Waals surface area contributed by atoms with Crippen LogP contribution in [-0.2, 0) is 22.5 Å². The first-order valence-corrected chi connectivity index (χ1v) is 11.6. The van der Waals surface area contributed by atoms with Crippen molar-refractivity contribution in [3.63, 3.8) is 0 Å². The van der Waals surface area contributed by atoms with Gasteiger partial charge in [0.25, 0.3) is 5.91 Å². The van der Waals surface area contributed by atoms with E-state index < -0.39 is 0 Å². The van der Waals surface area contributed by atoms with E-state index in [0.29, 0.717) is 18.7 Å². The largest absolute Gasteiger partial charge is 0.469 e. The molecule has 0 aromatic heterocycles. The molecule has 1 aliphatic rings. The smallest absolute Gasteiger partial charge is 0.306 e. The van der Waals surface area contributed by atoms with Crippen LogP contribution in [0.4, 0.5) is 0 Å². The summed E-state index contributed by atoms with van der Waals surface area (Å²) in [7, 11) is 3.18. The maximum atomic E-state index is 13.0. The maximum Gasteiger partial charge on any atom is 0.306 e. The van der Waals surface area contributed by atoms with Gasteiger partial charge in [0.15, 0.2) is 0 Å². The molecule has 1 atom stereocenters. The van der Waals surface area contributed by atoms with Crippen LogP contribution >= 0.6 is 0 Å². The minimum atomic E-state index is -0.248. The van der Waals surface area contributed by atoms with Gasteiger partial charge in [-0.1, -0.05) is 54.6 Å². The molecule has 0 spiro atoms. The first kappa shape index (κ1) is 23.4. The quantitative estimate of drug-likeness (QED) is 0.392. The minimum absolute atomic E-state index is 0.0479. The Balaban J connectivity index is 1.66. The van der Waals surface area contributed by atoms with Crippen LogP contribution < -0.4 is 0 Å². The highest BCUT2D eigenvalue weighted by molar-refractivity contribution is 5.94. The van der Waals surface area contributed by atoms with E-state index in [9.17, 15) is 9.59 Å². The number of fused-ring (bicyclic) bond motifs is 1. The lowest BCUT2D eigenvalue weighted by atomic mass is 9.83. The van der Waals surface area contributed by atoms with E-state index in [4.69, 9.17) is 4.74 Å². The molecule has 5 heteroatoms. The van der Waals surface area contributed by atoms with Crippen molar-refractivity contribution in [3.8, 4) is 0 Å². The molecule has 0 fully saturated rings. The van der Waals surface area contributed by atoms with E-state index >= 15 is 0 Å². The van der Waals surface area contributed by atoms with Crippen LogP contribution in [0, 0.1) is 6.92 Å². The topological polar surface area (TPSA) is 59.0 Å². The monoisotopic (exact) mass is 454 g/mol. The molecule has 1 unspecified atom stereocenters. The Morgan fingerprint density at radius 1 is 1.06 bits per heavy atom. The molecule has 0 N–H and O–H groups in total. The summed E-state index contributed by atoms with van der Waals surface area (Å²) >= 11 is 0. The van der Waals surface area contributed by atoms with Crippen LogP contribution in [0.15, 0.2) is 71.7 Å². The van der Waals surface area contributed by atoms with E-state index in [1.54, 1.807) is 7.05 Å². The van der Waals surface area contributed by atoms with Gasteiger partial charge in [-0.05, 0) is 58.9 Å². The van der Waals surface area contributed by atoms with Crippen molar-refractivity contribution >= 4 is 18.1 Å². The predicted octanol–water partition coefficient (Wildman–Crippen LogP) is 4.94. The van der Waals surface area contributed by atoms with Gasteiger partial charge in [-0.2, -0.15) is 0 Å². The lowest BCUT2D eigenvalue weighted by Gasteiger charge is -2.30. The Labute approximate surface area is 201 Å². The third-order valence-corrected chi connectivity index (χ3v) is 6.50. The first-order chi connectivity index (χ1) is 16.5. The lowest BCUT2D eigenvalue weighted by molar-refractivity contribution is -0.140. The van der Waals surface area contributed by atoms with Crippen molar-refractivity contribution in [2.45, 2.75) is 32.2 Å². The Hall–Kier alpha value is -3.73. The molecule has 4 rings (SSSR count). The Morgan fingerprint density at radius 3 is 2.56 bits per heavy atom. The third kappa shape index (κ3) is 5.09. The van der Waals surface area contributed by atoms with Crippen LogP contribution in [0.25, 0.3) is 0 Å². The average Bonchev–Trinajstić information content (AvgIpc) is 2.87. The highest BCUT2D eigenvalue weighted by Gasteiger charge is 2.25. The summed E-state index contributed by atoms with van der Waals surface area (Å²) in [5, 5.41) is 0. The number of aliphatic imine (C=N–C) groups is 1. The molecular weight excluding hydrogens is 424 g/mol. The highest BCUT2D eigenvalue weighted by atomic mass is 16.5. The SMILES string of the molecule is CN=Cc1ccc(C(CC(=O)OC)c2ccc3c(c2)CN(C(=O)c2ccccc2)CC3)c(C)c1. The Bertz CT molecular complexity index is 1220. The number of hydrogen-bond donors (Lipinski definition) is 0. The van der Waals surface area contributed by atoms with Gasteiger partial charge < -0.3 is 9.64 Å². The molecule has 0 aliphatic carbocycles. The van der Waals surface area contributed by atoms with E-state index in [-0.39, 0.29) is 24.2 Å². The number of benzene rings is 3. The fraction of sp³-hybridized carbons (Fsp3) is 0.276. The number of ether oxygens (including phenoxy) is 1. The molecule has 1 heterocycles. The molecule has 0 saturated carbocycles. The summed E-state index contributed by atoms with van der Waals surface area (Å²) in [6, 6.07) is 22.0. The normalized spacial score (nSPS) is 14.0. The number of aryl methyl sites for hydroxylation is 1. The van der Waals surface area contributed by atoms with E-state index in [0.717, 1.165) is 34.2 Å². The van der Waals surface area contributed by atoms with Crippen LogP contribution in [0.1, 0.15) is 56.1 Å². The van der Waals surface area contributed by atoms with Gasteiger partial charge in [-0.15, -0.1) is 0 Å². The number of rotatable bonds is 6. The molecule has 0 bridgehead atoms. The second-order valence-electron chi connectivity index (χ2n) is 8.71. The molecule has 0 radical (unpaired) electrons. The first-order valence-electron chi connectivity index (χ1n) is 11.6. The second-order valence-corrected chi connectivity index (χ2v) is 8.71. The molecule has 1 amide bonds. The van der Waals surface area contributed by atoms with Crippen molar-refractivity contribution in [1.82, 2.24) is 4.90 Å². The van der Waals surface area contributed by atoms with Crippen molar-refractivity contribution in [2.75, 3.05) is 20.7 Å². The Morgan fingerprint density at radius 2 is 1.85 bits per heavy atom. The summed E-state index contributed by atoms with van der Waals surface area (Å²) < 4.78 is 5.02. The number of nitrogens with zero attached hydrogens (tertiary/aromatic N) is 2. The molecule has 3 aromatic rings. The zero-order chi connectivity index (χ0) is 24.1. The van der Waals surface area contributed by atoms with Crippen LogP contribution in [0.3, 0.4) is 0 Å². The summed E-state index contributed by atoms with van der Waals surface area (Å²) in [4.78, 5) is 31.4. The highest BCUT2D eigenvalue weighted by Crippen LogP contribution is 2.33. The molecule has 174 valence electrons. The second kappa shape index (κ2) is 10.5. The van der Waals surface area contributed by atoms with Crippen LogP contribution in [0.2, 0.25) is 0 Å². The predicted molar refractivity (Wildman–Crippen MR) is 135 cm³/mol. The van der Waals surface area contributed by atoms with E-state index in [2.05, 4.69) is 42.2 Å². The molecule has 1 aliphatic heterocycles. The average molecular weight is 455 g/mol. The van der Waals surface area contributed by atoms with Gasteiger partial charge in [0, 0.05) is 37.8 Å². The number of carbonyl (C=O) groups excluding carboxylic acids is 2. The fourth-order valence-corrected chi connectivity index (χ4v) is 4.71. The summed E-state index contributed by atoms with van der Waals surface area (Å²) in [6.07, 6.45) is 2.90. The van der Waals surface area contributed by atoms with Crippen molar-refractivity contribution < 1.29 is 14.3 Å². The van der Waals surface area contributed by atoms with E-state index in [1.165, 1.54) is 12.7 Å². The van der Waals surface area contributed by atoms with Gasteiger partial charge in [0.05, 0.1) is 13.5 Å². The van der Waals surface area contributed by atoms with Crippen LogP contribution in [-0.4, -0.2) is 43.7 Å². The van der Waals surface area contributed by atoms with Crippen molar-refractivity contribution in [3.05, 3.63) is 106 Å². The summed E-state index contributed by atoms with van der Waals surface area (Å²) in [6.45, 7) is 3.32. The molecular formula is C29H30N2O3. The third-order valence-electron chi connectivity index (χ3n) is 6.50. The van der Waals surface area contributed by atoms with Gasteiger partial charge in [0.1, 0.15) is 0 Å². The van der Waals surface area contributed by atoms with E-state index in [1.807, 2.05) is 47.5 Å². The standard InChI is InChI=1S/C29H30N2O3/c1-20-15-21(18-30-2)9-12-26(20)27(17-28(32)34-3)24-11-10-22-13-14-31(19-25(22)16-24)29(33)23-7-5-4-6-8-23/h4-12,15-16,18,27H,13-14,17,19H2,1-3H3. The number of amides is 1. The lowest BCUT2D eigenvalue weighted by Crippen LogP contribution is -2.36. The zero-order valence-corrected chi connectivity index (χ0v) is 20.0. The van der Waals surface area contributed by atoms with Crippen LogP contribution in [0.5, 0.6) is 0 Å². The van der Waals surface area contributed by atoms with Gasteiger partial charge in [-0.25, -0.2) is 0 Å². The summed E-state index contributed by atoms with van der Waals surface area (Å²) in [5.74, 6) is -0.334. The molecule has 3 aromatic carbocycles. The van der Waals surface area contributed by atoms with Crippen molar-refractivity contribution in [1.29, 1.82) is 0 Å². The van der Waals surface area contributed by atoms with Gasteiger partial charge >= 0.3 is 5.97 Å². The maximum absolute atomic E-state index is 13.0. The Kier molecular flexibility index (Phi) is 7.21. The number of esters is 1. The minimum Gasteiger partial charge on any atom is -0.469 e. The fourth-order valence-electron chi connectivity index (χ4n) is 4.71. The number of methoxy groups -OCH3 is 1. The molecule has 0 saturated heterocycles. The molecule has 5 nitrogen and oxygen atoms in total. The van der Waals surface area contributed by atoms with Gasteiger partial charge in [0.2, 0.25) is 0 Å². The van der Waals surface area contributed by atoms with Crippen molar-refractivity contribution in [2.24, 2.45) is 4.99 Å². The van der Waals surface area contributed by atoms with Gasteiger partial charge in [-0.3, -0.25) is 14.6 Å². The number of hydrogen-bond acceptors (Lipinski definition) is 4. The molecule has 34 heavy (non-hydrogen) atoms. The number of carbonyl (C=O) groups is 2. The summed E-state index contributed by atoms with van der Waals surface area (Å²) in [5.41, 5.74) is 7.37.